The van der Waals surface area contributed by atoms with Gasteiger partial charge in [-0.15, -0.1) is 0 Å². The van der Waals surface area contributed by atoms with Gasteiger partial charge >= 0.3 is 0 Å². The maximum atomic E-state index is 4.33. The molecule has 0 spiro atoms. The Morgan fingerprint density at radius 1 is 1.17 bits per heavy atom. The summed E-state index contributed by atoms with van der Waals surface area (Å²) in [6, 6.07) is 6.14. The summed E-state index contributed by atoms with van der Waals surface area (Å²) in [6.07, 6.45) is 10.1. The molecule has 0 atom stereocenters. The smallest absolute Gasteiger partial charge is 0.0416 e. The predicted octanol–water partition coefficient (Wildman–Crippen LogP) is 3.43. The lowest BCUT2D eigenvalue weighted by Gasteiger charge is -2.26. The van der Waals surface area contributed by atoms with Crippen LogP contribution in [0.3, 0.4) is 0 Å². The van der Waals surface area contributed by atoms with Gasteiger partial charge in [0.25, 0.3) is 0 Å². The summed E-state index contributed by atoms with van der Waals surface area (Å²) >= 11 is 0. The van der Waals surface area contributed by atoms with E-state index in [0.29, 0.717) is 0 Å². The molecule has 0 bridgehead atoms. The largest absolute Gasteiger partial charge is 0.316 e. The van der Waals surface area contributed by atoms with Gasteiger partial charge in [0, 0.05) is 24.9 Å². The Kier molecular flexibility index (Phi) is 5.66. The summed E-state index contributed by atoms with van der Waals surface area (Å²) in [5.74, 6) is 1.95. The van der Waals surface area contributed by atoms with Crippen molar-refractivity contribution in [2.75, 3.05) is 13.1 Å². The second kappa shape index (κ2) is 7.52. The van der Waals surface area contributed by atoms with E-state index < -0.39 is 0 Å². The molecular formula is C16H26N2. The number of pyridine rings is 1. The molecule has 2 nitrogen and oxygen atoms in total. The van der Waals surface area contributed by atoms with Crippen molar-refractivity contribution >= 4 is 0 Å². The van der Waals surface area contributed by atoms with E-state index in [1.165, 1.54) is 44.3 Å². The zero-order chi connectivity index (χ0) is 12.6. The third kappa shape index (κ3) is 4.77. The Morgan fingerprint density at radius 2 is 2.00 bits per heavy atom. The SMILES string of the molecule is CC1CCC(CCNCCc2ccccn2)CC1. The first-order chi connectivity index (χ1) is 8.84. The van der Waals surface area contributed by atoms with Gasteiger partial charge in [0.15, 0.2) is 0 Å². The van der Waals surface area contributed by atoms with Crippen LogP contribution in [0.15, 0.2) is 24.4 Å². The van der Waals surface area contributed by atoms with Crippen molar-refractivity contribution < 1.29 is 0 Å². The summed E-state index contributed by atoms with van der Waals surface area (Å²) in [5.41, 5.74) is 1.19. The van der Waals surface area contributed by atoms with Crippen LogP contribution in [-0.4, -0.2) is 18.1 Å². The first-order valence-electron chi connectivity index (χ1n) is 7.45. The second-order valence-electron chi connectivity index (χ2n) is 5.74. The summed E-state index contributed by atoms with van der Waals surface area (Å²) < 4.78 is 0. The topological polar surface area (TPSA) is 24.9 Å². The Balaban J connectivity index is 1.51. The highest BCUT2D eigenvalue weighted by Crippen LogP contribution is 2.29. The number of hydrogen-bond acceptors (Lipinski definition) is 2. The first kappa shape index (κ1) is 13.5. The number of rotatable bonds is 6. The maximum Gasteiger partial charge on any atom is 0.0416 e. The van der Waals surface area contributed by atoms with Gasteiger partial charge < -0.3 is 5.32 Å². The number of nitrogens with one attached hydrogen (secondary N) is 1. The van der Waals surface area contributed by atoms with Crippen molar-refractivity contribution in [3.05, 3.63) is 30.1 Å². The van der Waals surface area contributed by atoms with E-state index in [2.05, 4.69) is 29.4 Å². The Labute approximate surface area is 111 Å². The average molecular weight is 246 g/mol. The van der Waals surface area contributed by atoms with Crippen LogP contribution < -0.4 is 5.32 Å². The molecule has 1 heterocycles. The van der Waals surface area contributed by atoms with Crippen LogP contribution in [0.4, 0.5) is 0 Å². The van der Waals surface area contributed by atoms with Gasteiger partial charge in [0.05, 0.1) is 0 Å². The van der Waals surface area contributed by atoms with Crippen LogP contribution in [0.5, 0.6) is 0 Å². The van der Waals surface area contributed by atoms with Gasteiger partial charge in [-0.1, -0.05) is 38.7 Å². The van der Waals surface area contributed by atoms with Gasteiger partial charge in [-0.05, 0) is 36.9 Å². The molecule has 1 aromatic rings. The minimum absolute atomic E-state index is 0.971. The van der Waals surface area contributed by atoms with Crippen LogP contribution in [0.1, 0.15) is 44.7 Å². The molecule has 0 saturated heterocycles. The van der Waals surface area contributed by atoms with Crippen molar-refractivity contribution in [2.45, 2.75) is 45.4 Å². The zero-order valence-electron chi connectivity index (χ0n) is 11.6. The second-order valence-corrected chi connectivity index (χ2v) is 5.74. The fourth-order valence-electron chi connectivity index (χ4n) is 2.81. The van der Waals surface area contributed by atoms with Gasteiger partial charge in [0.2, 0.25) is 0 Å². The number of nitrogens with zero attached hydrogens (tertiary/aromatic N) is 1. The standard InChI is InChI=1S/C16H26N2/c1-14-5-7-15(8-6-14)9-12-17-13-10-16-4-2-3-11-18-16/h2-4,11,14-15,17H,5-10,12-13H2,1H3. The van der Waals surface area contributed by atoms with Crippen molar-refractivity contribution in [3.8, 4) is 0 Å². The lowest BCUT2D eigenvalue weighted by atomic mass is 9.81. The Hall–Kier alpha value is -0.890. The fourth-order valence-corrected chi connectivity index (χ4v) is 2.81. The van der Waals surface area contributed by atoms with E-state index in [0.717, 1.165) is 24.8 Å². The predicted molar refractivity (Wildman–Crippen MR) is 76.5 cm³/mol. The van der Waals surface area contributed by atoms with E-state index in [1.54, 1.807) is 0 Å². The minimum atomic E-state index is 0.971. The number of aromatic nitrogens is 1. The average Bonchev–Trinajstić information content (AvgIpc) is 2.42. The van der Waals surface area contributed by atoms with Crippen LogP contribution in [-0.2, 0) is 6.42 Å². The van der Waals surface area contributed by atoms with Crippen LogP contribution in [0, 0.1) is 11.8 Å². The molecule has 1 aromatic heterocycles. The third-order valence-electron chi connectivity index (χ3n) is 4.15. The quantitative estimate of drug-likeness (QED) is 0.778. The van der Waals surface area contributed by atoms with Gasteiger partial charge in [0.1, 0.15) is 0 Å². The highest BCUT2D eigenvalue weighted by Gasteiger charge is 2.17. The first-order valence-corrected chi connectivity index (χ1v) is 7.45. The lowest BCUT2D eigenvalue weighted by molar-refractivity contribution is 0.275. The third-order valence-corrected chi connectivity index (χ3v) is 4.15. The molecule has 0 aliphatic heterocycles. The van der Waals surface area contributed by atoms with E-state index in [9.17, 15) is 0 Å². The van der Waals surface area contributed by atoms with Crippen molar-refractivity contribution in [3.63, 3.8) is 0 Å². The summed E-state index contributed by atoms with van der Waals surface area (Å²) in [6.45, 7) is 4.62. The maximum absolute atomic E-state index is 4.33. The monoisotopic (exact) mass is 246 g/mol. The molecule has 1 N–H and O–H groups in total. The molecule has 100 valence electrons. The zero-order valence-corrected chi connectivity index (χ0v) is 11.6. The van der Waals surface area contributed by atoms with Crippen molar-refractivity contribution in [1.29, 1.82) is 0 Å². The molecule has 2 heteroatoms. The normalized spacial score (nSPS) is 24.1. The molecule has 2 rings (SSSR count). The van der Waals surface area contributed by atoms with E-state index in [-0.39, 0.29) is 0 Å². The molecule has 0 radical (unpaired) electrons. The minimum Gasteiger partial charge on any atom is -0.316 e. The Morgan fingerprint density at radius 3 is 2.72 bits per heavy atom. The van der Waals surface area contributed by atoms with E-state index in [4.69, 9.17) is 0 Å². The molecule has 1 aliphatic rings. The van der Waals surface area contributed by atoms with Crippen LogP contribution >= 0.6 is 0 Å². The van der Waals surface area contributed by atoms with Crippen LogP contribution in [0.25, 0.3) is 0 Å². The van der Waals surface area contributed by atoms with Gasteiger partial charge in [-0.25, -0.2) is 0 Å². The van der Waals surface area contributed by atoms with E-state index in [1.807, 2.05) is 12.3 Å². The molecular weight excluding hydrogens is 220 g/mol. The molecule has 0 unspecified atom stereocenters. The summed E-state index contributed by atoms with van der Waals surface area (Å²) in [4.78, 5) is 4.33. The van der Waals surface area contributed by atoms with Gasteiger partial charge in [-0.3, -0.25) is 4.98 Å². The molecule has 0 amide bonds. The Bertz CT molecular complexity index is 315. The highest BCUT2D eigenvalue weighted by molar-refractivity contribution is 5.03. The lowest BCUT2D eigenvalue weighted by Crippen LogP contribution is -2.22. The molecule has 18 heavy (non-hydrogen) atoms. The van der Waals surface area contributed by atoms with Gasteiger partial charge in [-0.2, -0.15) is 0 Å². The van der Waals surface area contributed by atoms with Crippen molar-refractivity contribution in [2.24, 2.45) is 11.8 Å². The number of hydrogen-bond donors (Lipinski definition) is 1. The fraction of sp³-hybridized carbons (Fsp3) is 0.688. The van der Waals surface area contributed by atoms with E-state index >= 15 is 0 Å². The summed E-state index contributed by atoms with van der Waals surface area (Å²) in [7, 11) is 0. The highest BCUT2D eigenvalue weighted by atomic mass is 14.8. The molecule has 1 aliphatic carbocycles. The molecule has 1 saturated carbocycles. The molecule has 1 fully saturated rings. The van der Waals surface area contributed by atoms with Crippen molar-refractivity contribution in [1.82, 2.24) is 10.3 Å². The summed E-state index contributed by atoms with van der Waals surface area (Å²) in [5, 5.41) is 3.55. The van der Waals surface area contributed by atoms with Crippen LogP contribution in [0.2, 0.25) is 0 Å². The molecule has 0 aromatic carbocycles.